The molecule has 4 heteroatoms. The molecule has 0 amide bonds. The second-order valence-corrected chi connectivity index (χ2v) is 4.09. The molecule has 0 N–H and O–H groups in total. The molecule has 0 bridgehead atoms. The summed E-state index contributed by atoms with van der Waals surface area (Å²) in [7, 11) is 0. The van der Waals surface area contributed by atoms with Gasteiger partial charge in [0.05, 0.1) is 0 Å². The predicted molar refractivity (Wildman–Crippen MR) is 25.9 cm³/mol. The molecular weight excluding hydrogens is 461 g/mol. The van der Waals surface area contributed by atoms with Crippen LogP contribution in [0, 0.1) is 11.3 Å². The van der Waals surface area contributed by atoms with Crippen molar-refractivity contribution in [2.24, 2.45) is 0 Å². The van der Waals surface area contributed by atoms with Gasteiger partial charge >= 0.3 is 74.6 Å². The van der Waals surface area contributed by atoms with Gasteiger partial charge < -0.3 is 0 Å². The van der Waals surface area contributed by atoms with Crippen LogP contribution in [0.15, 0.2) is 12.2 Å². The molecular formula is C5H2FNW2. The van der Waals surface area contributed by atoms with E-state index < -0.39 is 0 Å². The van der Waals surface area contributed by atoms with Gasteiger partial charge in [0.1, 0.15) is 0 Å². The van der Waals surface area contributed by atoms with Crippen LogP contribution in [0.2, 0.25) is 0 Å². The van der Waals surface area contributed by atoms with E-state index in [4.69, 9.17) is 5.26 Å². The molecule has 0 rings (SSSR count). The van der Waals surface area contributed by atoms with Gasteiger partial charge in [0, 0.05) is 0 Å². The van der Waals surface area contributed by atoms with Crippen molar-refractivity contribution in [3.63, 3.8) is 0 Å². The maximum absolute atomic E-state index is 12.0. The number of rotatable bonds is 2. The normalized spacial score (nSPS) is 8.89. The van der Waals surface area contributed by atoms with E-state index in [1.54, 1.807) is 0 Å². The van der Waals surface area contributed by atoms with Crippen LogP contribution in [0.3, 0.4) is 0 Å². The molecule has 0 aliphatic carbocycles. The summed E-state index contributed by atoms with van der Waals surface area (Å²) in [5.41, 5.74) is 0. The molecule has 0 aromatic carbocycles. The van der Waals surface area contributed by atoms with Crippen molar-refractivity contribution >= 4 is 8.05 Å². The van der Waals surface area contributed by atoms with E-state index in [0.717, 1.165) is 38.7 Å². The Kier molecular flexibility index (Phi) is 5.25. The Labute approximate surface area is 74.4 Å². The third-order valence-corrected chi connectivity index (χ3v) is 1.78. The first kappa shape index (κ1) is 9.28. The summed E-state index contributed by atoms with van der Waals surface area (Å²) < 4.78 is 12.4. The van der Waals surface area contributed by atoms with Gasteiger partial charge in [0.15, 0.2) is 0 Å². The van der Waals surface area contributed by atoms with Gasteiger partial charge in [-0.1, -0.05) is 0 Å². The summed E-state index contributed by atoms with van der Waals surface area (Å²) in [6.45, 7) is 0. The van der Waals surface area contributed by atoms with Gasteiger partial charge in [-0.3, -0.25) is 0 Å². The summed E-state index contributed by atoms with van der Waals surface area (Å²) in [5, 5.41) is 8.21. The van der Waals surface area contributed by atoms with Crippen LogP contribution >= 0.6 is 0 Å². The molecule has 0 unspecified atom stereocenters. The molecule has 46 valence electrons. The standard InChI is InChI=1S/C5H2FN.2W/c6-4-2-1-3-5-7;;/h1-2H;;/b2-1-;;. The molecule has 0 aliphatic heterocycles. The summed E-state index contributed by atoms with van der Waals surface area (Å²) in [4.78, 5) is 0. The number of halogens is 1. The Hall–Kier alpha value is 0.277. The molecule has 1 nitrogen and oxygen atoms in total. The van der Waals surface area contributed by atoms with Crippen molar-refractivity contribution in [1.82, 2.24) is 0 Å². The monoisotopic (exact) mass is 463 g/mol. The second-order valence-electron chi connectivity index (χ2n) is 1.11. The maximum atomic E-state index is 12.0. The zero-order chi connectivity index (χ0) is 7.28. The molecule has 0 aromatic heterocycles. The molecule has 0 aromatic rings. The van der Waals surface area contributed by atoms with E-state index in [-0.39, 0.29) is 4.15 Å². The molecule has 0 saturated carbocycles. The van der Waals surface area contributed by atoms with Gasteiger partial charge in [0.25, 0.3) is 0 Å². The fourth-order valence-electron chi connectivity index (χ4n) is 0.178. The van der Waals surface area contributed by atoms with Crippen molar-refractivity contribution in [3.05, 3.63) is 12.2 Å². The van der Waals surface area contributed by atoms with E-state index in [0.29, 0.717) is 3.90 Å². The molecule has 0 atom stereocenters. The van der Waals surface area contributed by atoms with E-state index in [2.05, 4.69) is 0 Å². The Morgan fingerprint density at radius 2 is 2.00 bits per heavy atom. The first-order valence-electron chi connectivity index (χ1n) is 1.98. The average Bonchev–Trinajstić information content (AvgIpc) is 1.83. The third-order valence-electron chi connectivity index (χ3n) is 0.476. The van der Waals surface area contributed by atoms with Gasteiger partial charge in [-0.05, 0) is 0 Å². The van der Waals surface area contributed by atoms with Crippen molar-refractivity contribution < 1.29 is 43.1 Å². The third kappa shape index (κ3) is 6.16. The minimum atomic E-state index is -0.191. The molecule has 0 heterocycles. The first-order valence-corrected chi connectivity index (χ1v) is 4.91. The van der Waals surface area contributed by atoms with E-state index in [9.17, 15) is 4.39 Å². The zero-order valence-electron chi connectivity index (χ0n) is 4.30. The zero-order valence-corrected chi connectivity index (χ0v) is 10.2. The van der Waals surface area contributed by atoms with E-state index in [1.165, 1.54) is 12.2 Å². The number of nitrogens with zero attached hydrogens (tertiary/aromatic N) is 1. The Morgan fingerprint density at radius 1 is 1.44 bits per heavy atom. The molecule has 0 aliphatic rings. The fraction of sp³-hybridized carbons (Fsp3) is 0. The average molecular weight is 463 g/mol. The number of nitriles is 1. The Bertz CT molecular complexity index is 201. The van der Waals surface area contributed by atoms with Gasteiger partial charge in [-0.2, -0.15) is 0 Å². The quantitative estimate of drug-likeness (QED) is 0.584. The van der Waals surface area contributed by atoms with Crippen LogP contribution < -0.4 is 0 Å². The van der Waals surface area contributed by atoms with Crippen LogP contribution in [0.5, 0.6) is 0 Å². The van der Waals surface area contributed by atoms with E-state index in [1.807, 2.05) is 6.07 Å². The summed E-state index contributed by atoms with van der Waals surface area (Å²) in [6.07, 6.45) is 2.82. The molecule has 9 heavy (non-hydrogen) atoms. The summed E-state index contributed by atoms with van der Waals surface area (Å²) in [5.74, 6) is 0. The molecule has 0 radical (unpaired) electrons. The number of hydrogen-bond acceptors (Lipinski definition) is 1. The van der Waals surface area contributed by atoms with Crippen LogP contribution in [-0.4, -0.2) is 8.05 Å². The molecule has 0 saturated heterocycles. The SMILES string of the molecule is N#C[C](=[W])/C=C\[C](F)=[W]. The van der Waals surface area contributed by atoms with Crippen LogP contribution in [-0.2, 0) is 38.7 Å². The minimum absolute atomic E-state index is 0.191. The van der Waals surface area contributed by atoms with Crippen molar-refractivity contribution in [3.8, 4) is 6.07 Å². The number of allylic oxidation sites excluding steroid dienone is 2. The summed E-state index contributed by atoms with van der Waals surface area (Å²) >= 11 is 1.86. The Balaban J connectivity index is 3.90. The van der Waals surface area contributed by atoms with Crippen molar-refractivity contribution in [2.45, 2.75) is 0 Å². The second kappa shape index (κ2) is 5.09. The topological polar surface area (TPSA) is 23.8 Å². The predicted octanol–water partition coefficient (Wildman–Crippen LogP) is 0.432. The fourth-order valence-corrected chi connectivity index (χ4v) is 0.667. The summed E-state index contributed by atoms with van der Waals surface area (Å²) in [6, 6.07) is 1.92. The first-order chi connectivity index (χ1) is 4.16. The Morgan fingerprint density at radius 3 is 2.33 bits per heavy atom. The van der Waals surface area contributed by atoms with Crippen LogP contribution in [0.4, 0.5) is 4.39 Å². The van der Waals surface area contributed by atoms with Gasteiger partial charge in [-0.15, -0.1) is 0 Å². The van der Waals surface area contributed by atoms with E-state index >= 15 is 0 Å². The molecule has 0 fully saturated rings. The van der Waals surface area contributed by atoms with Crippen molar-refractivity contribution in [2.75, 3.05) is 0 Å². The molecule has 0 spiro atoms. The van der Waals surface area contributed by atoms with Gasteiger partial charge in [-0.25, -0.2) is 0 Å². The van der Waals surface area contributed by atoms with Crippen LogP contribution in [0.25, 0.3) is 0 Å². The van der Waals surface area contributed by atoms with Gasteiger partial charge in [0.2, 0.25) is 0 Å². The number of hydrogen-bond donors (Lipinski definition) is 0. The van der Waals surface area contributed by atoms with Crippen LogP contribution in [0.1, 0.15) is 0 Å². The van der Waals surface area contributed by atoms with Crippen molar-refractivity contribution in [1.29, 1.82) is 5.26 Å².